The van der Waals surface area contributed by atoms with Crippen LogP contribution in [0, 0.1) is 0 Å². The number of para-hydroxylation sites is 1. The Hall–Kier alpha value is -2.72. The summed E-state index contributed by atoms with van der Waals surface area (Å²) < 4.78 is 2.22. The van der Waals surface area contributed by atoms with Gasteiger partial charge in [-0.2, -0.15) is 0 Å². The Morgan fingerprint density at radius 1 is 0.840 bits per heavy atom. The molecule has 0 atom stereocenters. The van der Waals surface area contributed by atoms with Crippen molar-refractivity contribution in [1.29, 1.82) is 0 Å². The highest BCUT2D eigenvalue weighted by molar-refractivity contribution is 8.00. The van der Waals surface area contributed by atoms with Crippen LogP contribution in [0.1, 0.15) is 5.56 Å². The Morgan fingerprint density at radius 3 is 2.16 bits per heavy atom. The third-order valence-electron chi connectivity index (χ3n) is 3.57. The summed E-state index contributed by atoms with van der Waals surface area (Å²) in [6, 6.07) is 27.6. The van der Waals surface area contributed by atoms with E-state index >= 15 is 0 Å². The van der Waals surface area contributed by atoms with Crippen molar-refractivity contribution in [3.63, 3.8) is 0 Å². The van der Waals surface area contributed by atoms with Gasteiger partial charge in [0.15, 0.2) is 0 Å². The molecule has 4 heteroatoms. The molecule has 0 aliphatic rings. The molecule has 0 aromatic heterocycles. The average Bonchev–Trinajstić information content (AvgIpc) is 2.67. The quantitative estimate of drug-likeness (QED) is 0.481. The molecule has 0 saturated carbocycles. The third kappa shape index (κ3) is 5.40. The van der Waals surface area contributed by atoms with Gasteiger partial charge < -0.3 is 9.41 Å². The van der Waals surface area contributed by atoms with Gasteiger partial charge in [0.1, 0.15) is 5.75 Å². The van der Waals surface area contributed by atoms with Gasteiger partial charge in [-0.3, -0.25) is 4.99 Å². The lowest BCUT2D eigenvalue weighted by molar-refractivity contribution is 0.475. The molecule has 3 rings (SSSR count). The highest BCUT2D eigenvalue weighted by atomic mass is 32.2. The molecule has 0 bridgehead atoms. The maximum atomic E-state index is 9.45. The van der Waals surface area contributed by atoms with Crippen molar-refractivity contribution in [3.05, 3.63) is 90.5 Å². The first-order valence-corrected chi connectivity index (χ1v) is 8.93. The lowest BCUT2D eigenvalue weighted by Crippen LogP contribution is -2.18. The number of nitrogens with zero attached hydrogens (tertiary/aromatic N) is 2. The topological polar surface area (TPSA) is 35.8 Å². The number of aromatic hydroxyl groups is 1. The standard InChI is InChI=1S/C21H20N2OS/c24-20-11-13-21(14-12-20)25-23(19-9-5-2-6-10-19)16-15-22-17-18-7-3-1-4-8-18/h1-14,17,24H,15-16H2. The second-order valence-electron chi connectivity index (χ2n) is 5.47. The fourth-order valence-corrected chi connectivity index (χ4v) is 3.23. The molecule has 0 spiro atoms. The predicted octanol–water partition coefficient (Wildman–Crippen LogP) is 5.03. The molecular formula is C21H20N2OS. The minimum atomic E-state index is 0.281. The third-order valence-corrected chi connectivity index (χ3v) is 4.67. The second kappa shape index (κ2) is 8.94. The normalized spacial score (nSPS) is 10.9. The number of benzene rings is 3. The zero-order valence-electron chi connectivity index (χ0n) is 13.8. The van der Waals surface area contributed by atoms with Crippen LogP contribution in [0.25, 0.3) is 0 Å². The van der Waals surface area contributed by atoms with Gasteiger partial charge >= 0.3 is 0 Å². The van der Waals surface area contributed by atoms with Crippen LogP contribution < -0.4 is 4.31 Å². The van der Waals surface area contributed by atoms with Gasteiger partial charge in [-0.25, -0.2) is 0 Å². The summed E-state index contributed by atoms with van der Waals surface area (Å²) in [7, 11) is 0. The molecule has 3 aromatic carbocycles. The smallest absolute Gasteiger partial charge is 0.115 e. The molecule has 3 aromatic rings. The summed E-state index contributed by atoms with van der Waals surface area (Å²) in [5.74, 6) is 0.281. The molecule has 0 fully saturated rings. The van der Waals surface area contributed by atoms with E-state index in [-0.39, 0.29) is 5.75 Å². The summed E-state index contributed by atoms with van der Waals surface area (Å²) in [5.41, 5.74) is 2.25. The van der Waals surface area contributed by atoms with Crippen LogP contribution in [0.5, 0.6) is 5.75 Å². The van der Waals surface area contributed by atoms with Gasteiger partial charge in [-0.05, 0) is 53.9 Å². The molecule has 0 saturated heterocycles. The molecule has 0 unspecified atom stereocenters. The van der Waals surface area contributed by atoms with Crippen LogP contribution >= 0.6 is 11.9 Å². The number of phenolic OH excluding ortho intramolecular Hbond substituents is 1. The van der Waals surface area contributed by atoms with Crippen molar-refractivity contribution in [3.8, 4) is 5.75 Å². The number of aliphatic imine (C=N–C) groups is 1. The van der Waals surface area contributed by atoms with Crippen LogP contribution in [0.15, 0.2) is 94.8 Å². The molecule has 126 valence electrons. The second-order valence-corrected chi connectivity index (χ2v) is 6.56. The molecule has 3 nitrogen and oxygen atoms in total. The van der Waals surface area contributed by atoms with Gasteiger partial charge in [0.25, 0.3) is 0 Å². The molecule has 0 radical (unpaired) electrons. The maximum Gasteiger partial charge on any atom is 0.115 e. The number of anilines is 1. The lowest BCUT2D eigenvalue weighted by atomic mass is 10.2. The molecule has 1 N–H and O–H groups in total. The lowest BCUT2D eigenvalue weighted by Gasteiger charge is -2.22. The van der Waals surface area contributed by atoms with E-state index in [4.69, 9.17) is 0 Å². The zero-order valence-corrected chi connectivity index (χ0v) is 14.6. The van der Waals surface area contributed by atoms with Crippen molar-refractivity contribution in [2.45, 2.75) is 4.90 Å². The minimum Gasteiger partial charge on any atom is -0.508 e. The summed E-state index contributed by atoms with van der Waals surface area (Å²) >= 11 is 1.65. The van der Waals surface area contributed by atoms with Crippen LogP contribution in [0.3, 0.4) is 0 Å². The SMILES string of the molecule is Oc1ccc(SN(CCN=Cc2ccccc2)c2ccccc2)cc1. The van der Waals surface area contributed by atoms with Crippen molar-refractivity contribution in [2.75, 3.05) is 17.4 Å². The Morgan fingerprint density at radius 2 is 1.48 bits per heavy atom. The number of hydrogen-bond donors (Lipinski definition) is 1. The summed E-state index contributed by atoms with van der Waals surface area (Å²) in [4.78, 5) is 5.62. The minimum absolute atomic E-state index is 0.281. The fraction of sp³-hybridized carbons (Fsp3) is 0.0952. The van der Waals surface area contributed by atoms with E-state index in [0.29, 0.717) is 6.54 Å². The molecule has 25 heavy (non-hydrogen) atoms. The molecular weight excluding hydrogens is 328 g/mol. The Kier molecular flexibility index (Phi) is 6.12. The molecule has 0 amide bonds. The van der Waals surface area contributed by atoms with Crippen LogP contribution in [0.4, 0.5) is 5.69 Å². The van der Waals surface area contributed by atoms with E-state index in [1.807, 2.05) is 66.9 Å². The fourth-order valence-electron chi connectivity index (χ4n) is 2.31. The van der Waals surface area contributed by atoms with Crippen LogP contribution in [-0.4, -0.2) is 24.4 Å². The molecule has 0 aliphatic carbocycles. The number of hydrogen-bond acceptors (Lipinski definition) is 4. The van der Waals surface area contributed by atoms with Crippen molar-refractivity contribution in [1.82, 2.24) is 0 Å². The van der Waals surface area contributed by atoms with Gasteiger partial charge in [-0.15, -0.1) is 0 Å². The van der Waals surface area contributed by atoms with Crippen molar-refractivity contribution in [2.24, 2.45) is 4.99 Å². The van der Waals surface area contributed by atoms with Crippen LogP contribution in [-0.2, 0) is 0 Å². The van der Waals surface area contributed by atoms with E-state index < -0.39 is 0 Å². The first kappa shape index (κ1) is 17.1. The van der Waals surface area contributed by atoms with E-state index in [9.17, 15) is 5.11 Å². The van der Waals surface area contributed by atoms with E-state index in [0.717, 1.165) is 22.7 Å². The Bertz CT molecular complexity index is 789. The first-order valence-electron chi connectivity index (χ1n) is 8.16. The van der Waals surface area contributed by atoms with Crippen LogP contribution in [0.2, 0.25) is 0 Å². The van der Waals surface area contributed by atoms with E-state index in [1.165, 1.54) is 0 Å². The molecule has 0 heterocycles. The average molecular weight is 348 g/mol. The summed E-state index contributed by atoms with van der Waals surface area (Å²) in [5, 5.41) is 9.45. The largest absolute Gasteiger partial charge is 0.508 e. The zero-order chi connectivity index (χ0) is 17.3. The van der Waals surface area contributed by atoms with Gasteiger partial charge in [0.05, 0.1) is 6.54 Å². The van der Waals surface area contributed by atoms with Crippen molar-refractivity contribution >= 4 is 23.8 Å². The Labute approximate surface area is 152 Å². The predicted molar refractivity (Wildman–Crippen MR) is 107 cm³/mol. The van der Waals surface area contributed by atoms with Gasteiger partial charge in [0.2, 0.25) is 0 Å². The summed E-state index contributed by atoms with van der Waals surface area (Å²) in [6.45, 7) is 1.49. The highest BCUT2D eigenvalue weighted by Crippen LogP contribution is 2.29. The van der Waals surface area contributed by atoms with Crippen molar-refractivity contribution < 1.29 is 5.11 Å². The van der Waals surface area contributed by atoms with Gasteiger partial charge in [-0.1, -0.05) is 48.5 Å². The maximum absolute atomic E-state index is 9.45. The van der Waals surface area contributed by atoms with E-state index in [1.54, 1.807) is 24.1 Å². The van der Waals surface area contributed by atoms with Gasteiger partial charge in [0, 0.05) is 23.3 Å². The number of phenols is 1. The summed E-state index contributed by atoms with van der Waals surface area (Å²) in [6.07, 6.45) is 1.91. The van der Waals surface area contributed by atoms with E-state index in [2.05, 4.69) is 21.4 Å². The highest BCUT2D eigenvalue weighted by Gasteiger charge is 2.08. The Balaban J connectivity index is 1.66. The number of rotatable bonds is 7. The first-order chi connectivity index (χ1) is 12.3. The molecule has 0 aliphatic heterocycles. The monoisotopic (exact) mass is 348 g/mol.